The number of amides is 1. The molecule has 0 saturated heterocycles. The molecule has 5 nitrogen and oxygen atoms in total. The van der Waals surface area contributed by atoms with Gasteiger partial charge in [0.25, 0.3) is 0 Å². The summed E-state index contributed by atoms with van der Waals surface area (Å²) in [6.45, 7) is 0. The van der Waals surface area contributed by atoms with Gasteiger partial charge in [-0.1, -0.05) is 11.6 Å². The van der Waals surface area contributed by atoms with E-state index in [1.807, 2.05) is 0 Å². The van der Waals surface area contributed by atoms with Crippen LogP contribution in [0.25, 0.3) is 0 Å². The van der Waals surface area contributed by atoms with Gasteiger partial charge in [-0.3, -0.25) is 10.1 Å². The molecule has 1 aromatic rings. The summed E-state index contributed by atoms with van der Waals surface area (Å²) in [5.41, 5.74) is 1.43. The number of allylic oxidation sites excluding steroid dienone is 1. The first kappa shape index (κ1) is 16.4. The summed E-state index contributed by atoms with van der Waals surface area (Å²) in [4.78, 5) is 23.4. The Morgan fingerprint density at radius 3 is 2.55 bits per heavy atom. The molecule has 0 fully saturated rings. The Kier molecular flexibility index (Phi) is 5.83. The molecule has 1 amide bonds. The Balaban J connectivity index is 2.00. The van der Waals surface area contributed by atoms with Crippen molar-refractivity contribution in [2.24, 2.45) is 0 Å². The molecular weight excluding hydrogens is 306 g/mol. The standard InChI is InChI=1S/C16H18ClNO4/c1-21-15(19)10-11-4-2-3-5-14(11)22-16(20)18-13-8-6-12(17)7-9-13/h6-9H,2-5,10H2,1H3,(H,18,20). The summed E-state index contributed by atoms with van der Waals surface area (Å²) in [5, 5.41) is 3.23. The third-order valence-corrected chi connectivity index (χ3v) is 3.67. The van der Waals surface area contributed by atoms with E-state index >= 15 is 0 Å². The number of anilines is 1. The van der Waals surface area contributed by atoms with Gasteiger partial charge in [0.2, 0.25) is 0 Å². The lowest BCUT2D eigenvalue weighted by Crippen LogP contribution is -2.17. The number of halogens is 1. The van der Waals surface area contributed by atoms with E-state index in [-0.39, 0.29) is 12.4 Å². The van der Waals surface area contributed by atoms with Gasteiger partial charge in [-0.25, -0.2) is 4.79 Å². The lowest BCUT2D eigenvalue weighted by Gasteiger charge is -2.19. The molecule has 0 bridgehead atoms. The fourth-order valence-corrected chi connectivity index (χ4v) is 2.41. The number of carbonyl (C=O) groups excluding carboxylic acids is 2. The molecule has 0 radical (unpaired) electrons. The van der Waals surface area contributed by atoms with E-state index in [1.54, 1.807) is 24.3 Å². The zero-order valence-corrected chi connectivity index (χ0v) is 13.1. The molecule has 0 aliphatic heterocycles. The van der Waals surface area contributed by atoms with Gasteiger partial charge in [-0.05, 0) is 49.1 Å². The number of methoxy groups -OCH3 is 1. The summed E-state index contributed by atoms with van der Waals surface area (Å²) in [6, 6.07) is 6.74. The minimum Gasteiger partial charge on any atom is -0.469 e. The van der Waals surface area contributed by atoms with Gasteiger partial charge in [-0.2, -0.15) is 0 Å². The van der Waals surface area contributed by atoms with Crippen molar-refractivity contribution in [3.63, 3.8) is 0 Å². The minimum absolute atomic E-state index is 0.167. The number of benzene rings is 1. The zero-order chi connectivity index (χ0) is 15.9. The second-order valence-electron chi connectivity index (χ2n) is 5.01. The topological polar surface area (TPSA) is 64.6 Å². The molecular formula is C16H18ClNO4. The highest BCUT2D eigenvalue weighted by molar-refractivity contribution is 6.30. The molecule has 1 aromatic carbocycles. The van der Waals surface area contributed by atoms with Crippen LogP contribution in [-0.2, 0) is 14.3 Å². The quantitative estimate of drug-likeness (QED) is 0.840. The first-order chi connectivity index (χ1) is 10.6. The minimum atomic E-state index is -0.568. The maximum Gasteiger partial charge on any atom is 0.416 e. The van der Waals surface area contributed by atoms with Gasteiger partial charge in [0.15, 0.2) is 0 Å². The summed E-state index contributed by atoms with van der Waals surface area (Å²) in [5.74, 6) is 0.249. The smallest absolute Gasteiger partial charge is 0.416 e. The van der Waals surface area contributed by atoms with Crippen LogP contribution in [0.15, 0.2) is 35.6 Å². The van der Waals surface area contributed by atoms with Crippen LogP contribution in [0.5, 0.6) is 0 Å². The van der Waals surface area contributed by atoms with Crippen molar-refractivity contribution in [2.45, 2.75) is 32.1 Å². The molecule has 0 atom stereocenters. The zero-order valence-electron chi connectivity index (χ0n) is 12.4. The van der Waals surface area contributed by atoms with Crippen molar-refractivity contribution in [3.8, 4) is 0 Å². The Bertz CT molecular complexity index is 580. The van der Waals surface area contributed by atoms with E-state index in [0.29, 0.717) is 22.9 Å². The lowest BCUT2D eigenvalue weighted by molar-refractivity contribution is -0.139. The van der Waals surface area contributed by atoms with Gasteiger partial charge in [0.05, 0.1) is 13.5 Å². The van der Waals surface area contributed by atoms with Gasteiger partial charge in [0, 0.05) is 17.1 Å². The average Bonchev–Trinajstić information content (AvgIpc) is 2.51. The van der Waals surface area contributed by atoms with E-state index < -0.39 is 6.09 Å². The molecule has 0 unspecified atom stereocenters. The van der Waals surface area contributed by atoms with Crippen molar-refractivity contribution in [3.05, 3.63) is 40.6 Å². The third kappa shape index (κ3) is 4.77. The van der Waals surface area contributed by atoms with Crippen molar-refractivity contribution in [1.29, 1.82) is 0 Å². The Morgan fingerprint density at radius 2 is 1.86 bits per heavy atom. The molecule has 118 valence electrons. The molecule has 1 aliphatic rings. The van der Waals surface area contributed by atoms with Crippen molar-refractivity contribution in [2.75, 3.05) is 12.4 Å². The van der Waals surface area contributed by atoms with E-state index in [9.17, 15) is 9.59 Å². The van der Waals surface area contributed by atoms with E-state index in [1.165, 1.54) is 7.11 Å². The second kappa shape index (κ2) is 7.84. The maximum atomic E-state index is 11.9. The molecule has 0 saturated carbocycles. The van der Waals surface area contributed by atoms with Crippen molar-refractivity contribution in [1.82, 2.24) is 0 Å². The summed E-state index contributed by atoms with van der Waals surface area (Å²) in [7, 11) is 1.35. The largest absolute Gasteiger partial charge is 0.469 e. The summed E-state index contributed by atoms with van der Waals surface area (Å²) >= 11 is 5.79. The second-order valence-corrected chi connectivity index (χ2v) is 5.44. The van der Waals surface area contributed by atoms with Crippen LogP contribution in [0.1, 0.15) is 32.1 Å². The number of carbonyl (C=O) groups is 2. The van der Waals surface area contributed by atoms with Crippen LogP contribution < -0.4 is 5.32 Å². The number of hydrogen-bond donors (Lipinski definition) is 1. The van der Waals surface area contributed by atoms with E-state index in [4.69, 9.17) is 16.3 Å². The number of ether oxygens (including phenoxy) is 2. The Morgan fingerprint density at radius 1 is 1.18 bits per heavy atom. The van der Waals surface area contributed by atoms with Crippen molar-refractivity contribution < 1.29 is 19.1 Å². The maximum absolute atomic E-state index is 11.9. The first-order valence-electron chi connectivity index (χ1n) is 7.10. The van der Waals surface area contributed by atoms with Crippen LogP contribution >= 0.6 is 11.6 Å². The van der Waals surface area contributed by atoms with Gasteiger partial charge in [0.1, 0.15) is 5.76 Å². The Labute approximate surface area is 134 Å². The number of hydrogen-bond acceptors (Lipinski definition) is 4. The lowest BCUT2D eigenvalue weighted by atomic mass is 9.95. The third-order valence-electron chi connectivity index (χ3n) is 3.42. The van der Waals surface area contributed by atoms with E-state index in [0.717, 1.165) is 24.8 Å². The van der Waals surface area contributed by atoms with Crippen LogP contribution in [0, 0.1) is 0 Å². The van der Waals surface area contributed by atoms with Gasteiger partial charge < -0.3 is 9.47 Å². The SMILES string of the molecule is COC(=O)CC1=C(OC(=O)Nc2ccc(Cl)cc2)CCCC1. The first-order valence-corrected chi connectivity index (χ1v) is 7.48. The van der Waals surface area contributed by atoms with Gasteiger partial charge >= 0.3 is 12.1 Å². The van der Waals surface area contributed by atoms with Gasteiger partial charge in [-0.15, -0.1) is 0 Å². The molecule has 1 N–H and O–H groups in total. The predicted octanol–water partition coefficient (Wildman–Crippen LogP) is 4.28. The molecule has 22 heavy (non-hydrogen) atoms. The molecule has 2 rings (SSSR count). The Hall–Kier alpha value is -2.01. The van der Waals surface area contributed by atoms with E-state index in [2.05, 4.69) is 10.1 Å². The fourth-order valence-electron chi connectivity index (χ4n) is 2.29. The number of rotatable bonds is 4. The molecule has 0 heterocycles. The van der Waals surface area contributed by atoms with Crippen LogP contribution in [0.2, 0.25) is 5.02 Å². The van der Waals surface area contributed by atoms with Crippen LogP contribution in [0.4, 0.5) is 10.5 Å². The highest BCUT2D eigenvalue weighted by Crippen LogP contribution is 2.28. The normalized spacial score (nSPS) is 14.5. The summed E-state index contributed by atoms with van der Waals surface area (Å²) in [6.07, 6.45) is 2.92. The molecule has 0 aromatic heterocycles. The average molecular weight is 324 g/mol. The number of nitrogens with one attached hydrogen (secondary N) is 1. The summed E-state index contributed by atoms with van der Waals surface area (Å²) < 4.78 is 10.0. The van der Waals surface area contributed by atoms with Crippen molar-refractivity contribution >= 4 is 29.4 Å². The fraction of sp³-hybridized carbons (Fsp3) is 0.375. The van der Waals surface area contributed by atoms with Crippen LogP contribution in [0.3, 0.4) is 0 Å². The highest BCUT2D eigenvalue weighted by atomic mass is 35.5. The predicted molar refractivity (Wildman–Crippen MR) is 83.7 cm³/mol. The molecule has 1 aliphatic carbocycles. The highest BCUT2D eigenvalue weighted by Gasteiger charge is 2.19. The molecule has 0 spiro atoms. The number of esters is 1. The molecule has 6 heteroatoms. The van der Waals surface area contributed by atoms with Crippen LogP contribution in [-0.4, -0.2) is 19.2 Å². The monoisotopic (exact) mass is 323 g/mol.